The average Bonchev–Trinajstić information content (AvgIpc) is 3.54. The van der Waals surface area contributed by atoms with Gasteiger partial charge in [0.05, 0.1) is 33.5 Å². The Morgan fingerprint density at radius 2 is 1.11 bits per heavy atom. The number of likely N-dealkylation sites (N-methyl/N-ethyl adjacent to an activating group) is 2. The number of likely N-dealkylation sites (tertiary alicyclic amines) is 2. The molecule has 2 saturated heterocycles. The van der Waals surface area contributed by atoms with E-state index in [0.29, 0.717) is 50.0 Å². The number of aromatic hydroxyl groups is 2. The van der Waals surface area contributed by atoms with Gasteiger partial charge in [0, 0.05) is 23.2 Å². The molecule has 4 aliphatic heterocycles. The highest BCUT2D eigenvalue weighted by Crippen LogP contribution is 2.66. The van der Waals surface area contributed by atoms with Crippen LogP contribution >= 0.6 is 0 Å². The van der Waals surface area contributed by atoms with Gasteiger partial charge in [-0.05, 0) is 102 Å². The fourth-order valence-corrected chi connectivity index (χ4v) is 11.4. The van der Waals surface area contributed by atoms with E-state index in [1.165, 1.54) is 0 Å². The zero-order valence-corrected chi connectivity index (χ0v) is 25.1. The number of phenolic OH excluding ortho intramolecular Hbond substituents is 2. The molecule has 4 bridgehead atoms. The molecule has 0 radical (unpaired) electrons. The molecule has 10 rings (SSSR count). The summed E-state index contributed by atoms with van der Waals surface area (Å²) in [7, 11) is 4.18. The highest BCUT2D eigenvalue weighted by atomic mass is 16.5. The van der Waals surface area contributed by atoms with Crippen LogP contribution in [0.4, 0.5) is 0 Å². The van der Waals surface area contributed by atoms with Gasteiger partial charge in [-0.25, -0.2) is 0 Å². The van der Waals surface area contributed by atoms with Crippen LogP contribution in [-0.2, 0) is 23.7 Å². The van der Waals surface area contributed by atoms with Gasteiger partial charge in [-0.3, -0.25) is 0 Å². The Hall–Kier alpha value is -3.18. The largest absolute Gasteiger partial charge is 0.504 e. The Balaban J connectivity index is 1.10. The molecule has 0 amide bonds. The second-order valence-corrected chi connectivity index (χ2v) is 14.8. The third kappa shape index (κ3) is 2.61. The lowest BCUT2D eigenvalue weighted by Crippen LogP contribution is -2.76. The summed E-state index contributed by atoms with van der Waals surface area (Å²) in [5.41, 5.74) is 2.31. The molecule has 2 saturated carbocycles. The lowest BCUT2D eigenvalue weighted by molar-refractivity contribution is -0.161. The van der Waals surface area contributed by atoms with Gasteiger partial charge < -0.3 is 39.7 Å². The van der Waals surface area contributed by atoms with E-state index >= 15 is 0 Å². The minimum atomic E-state index is -1.00. The molecule has 2 aromatic carbocycles. The van der Waals surface area contributed by atoms with Gasteiger partial charge in [-0.15, -0.1) is 0 Å². The van der Waals surface area contributed by atoms with E-state index in [4.69, 9.17) is 19.7 Å². The third-order valence-corrected chi connectivity index (χ3v) is 13.4. The van der Waals surface area contributed by atoms with E-state index in [-0.39, 0.29) is 23.6 Å². The quantitative estimate of drug-likeness (QED) is 0.368. The number of hydrogen-bond acceptors (Lipinski definition) is 10. The Labute approximate surface area is 255 Å². The van der Waals surface area contributed by atoms with Crippen molar-refractivity contribution in [1.29, 1.82) is 0 Å². The van der Waals surface area contributed by atoms with Crippen LogP contribution in [0.5, 0.6) is 23.0 Å². The standard InChI is InChI=1S/C34H38N4O6/c1-37-13-11-31-25-17-3-5-21(39)27(25)43-29(31)19(7-9-33(31,41)23(37)15-17)35-36-20-8-10-34(42)24-16-18-4-6-22(40)28-26(18)32(34,30(20)44-28)12-14-38(24)2/h3-6,23-24,29-30,39-42H,7-16H2,1-2H3/b35-19+,36-20+/t23-,24-,29+,30+,31+,32+,33-,34-/m1/s1. The van der Waals surface area contributed by atoms with Crippen molar-refractivity contribution in [2.45, 2.75) is 97.7 Å². The first-order chi connectivity index (χ1) is 21.1. The summed E-state index contributed by atoms with van der Waals surface area (Å²) in [6.45, 7) is 1.64. The Morgan fingerprint density at radius 1 is 0.682 bits per heavy atom. The first-order valence-electron chi connectivity index (χ1n) is 16.2. The van der Waals surface area contributed by atoms with Gasteiger partial charge in [0.2, 0.25) is 0 Å². The fraction of sp³-hybridized carbons (Fsp3) is 0.588. The summed E-state index contributed by atoms with van der Waals surface area (Å²) < 4.78 is 13.2. The minimum Gasteiger partial charge on any atom is -0.504 e. The zero-order valence-electron chi connectivity index (χ0n) is 25.1. The van der Waals surface area contributed by atoms with Gasteiger partial charge in [0.15, 0.2) is 35.2 Å². The highest BCUT2D eigenvalue weighted by molar-refractivity contribution is 5.97. The Morgan fingerprint density at radius 3 is 1.55 bits per heavy atom. The lowest BCUT2D eigenvalue weighted by Gasteiger charge is -2.62. The molecule has 4 heterocycles. The molecule has 0 unspecified atom stereocenters. The van der Waals surface area contributed by atoms with Crippen molar-refractivity contribution in [3.05, 3.63) is 46.5 Å². The molecular weight excluding hydrogens is 560 g/mol. The number of hydrogen-bond donors (Lipinski definition) is 4. The van der Waals surface area contributed by atoms with Crippen molar-refractivity contribution < 1.29 is 29.9 Å². The predicted molar refractivity (Wildman–Crippen MR) is 161 cm³/mol. The lowest BCUT2D eigenvalue weighted by atomic mass is 9.49. The van der Waals surface area contributed by atoms with Crippen molar-refractivity contribution in [2.24, 2.45) is 10.2 Å². The predicted octanol–water partition coefficient (Wildman–Crippen LogP) is 2.16. The second kappa shape index (κ2) is 7.96. The molecule has 4 N–H and O–H groups in total. The van der Waals surface area contributed by atoms with Crippen LogP contribution in [0.25, 0.3) is 0 Å². The van der Waals surface area contributed by atoms with Gasteiger partial charge in [-0.1, -0.05) is 12.1 Å². The molecule has 2 aromatic rings. The second-order valence-electron chi connectivity index (χ2n) is 14.8. The molecular formula is C34H38N4O6. The van der Waals surface area contributed by atoms with Crippen LogP contribution in [0.3, 0.4) is 0 Å². The topological polar surface area (TPSA) is 131 Å². The molecule has 4 aliphatic carbocycles. The van der Waals surface area contributed by atoms with Gasteiger partial charge in [-0.2, -0.15) is 10.2 Å². The number of ether oxygens (including phenoxy) is 2. The maximum absolute atomic E-state index is 12.5. The van der Waals surface area contributed by atoms with Crippen LogP contribution in [0.2, 0.25) is 0 Å². The van der Waals surface area contributed by atoms with E-state index in [9.17, 15) is 20.4 Å². The fourth-order valence-electron chi connectivity index (χ4n) is 11.4. The minimum absolute atomic E-state index is 0.0377. The molecule has 44 heavy (non-hydrogen) atoms. The molecule has 2 spiro atoms. The van der Waals surface area contributed by atoms with Crippen LogP contribution in [0, 0.1) is 0 Å². The first kappa shape index (κ1) is 26.1. The molecule has 0 aromatic heterocycles. The summed E-state index contributed by atoms with van der Waals surface area (Å²) in [5, 5.41) is 56.7. The van der Waals surface area contributed by atoms with Crippen molar-refractivity contribution in [1.82, 2.24) is 9.80 Å². The SMILES string of the molecule is CN1CC[C@]23c4c5ccc(O)c4O[C@H]2/C(=N/N=C2\CC[C@@]4(O)[C@H]6Cc7ccc(O)c8c7[C@@]4(CCN6C)[C@H]2O8)CC[C@@]3(O)[C@H]1C5. The molecule has 8 aliphatic rings. The Kier molecular flexibility index (Phi) is 4.72. The number of benzene rings is 2. The summed E-state index contributed by atoms with van der Waals surface area (Å²) >= 11 is 0. The monoisotopic (exact) mass is 598 g/mol. The van der Waals surface area contributed by atoms with E-state index in [0.717, 1.165) is 59.6 Å². The third-order valence-electron chi connectivity index (χ3n) is 13.4. The Bertz CT molecular complexity index is 1620. The molecule has 230 valence electrons. The van der Waals surface area contributed by atoms with Crippen LogP contribution in [0.1, 0.15) is 60.8 Å². The average molecular weight is 599 g/mol. The van der Waals surface area contributed by atoms with Crippen molar-refractivity contribution in [2.75, 3.05) is 27.2 Å². The van der Waals surface area contributed by atoms with E-state index in [2.05, 4.69) is 23.9 Å². The number of aliphatic hydroxyl groups is 2. The maximum atomic E-state index is 12.5. The number of phenols is 2. The first-order valence-corrected chi connectivity index (χ1v) is 16.2. The number of nitrogens with zero attached hydrogens (tertiary/aromatic N) is 4. The van der Waals surface area contributed by atoms with E-state index in [1.54, 1.807) is 12.1 Å². The molecule has 8 atom stereocenters. The smallest absolute Gasteiger partial charge is 0.166 e. The molecule has 4 fully saturated rings. The summed E-state index contributed by atoms with van der Waals surface area (Å²) in [6.07, 6.45) is 3.95. The number of piperidine rings is 2. The normalized spacial score (nSPS) is 44.3. The van der Waals surface area contributed by atoms with Crippen LogP contribution in [0.15, 0.2) is 34.5 Å². The van der Waals surface area contributed by atoms with E-state index < -0.39 is 34.2 Å². The van der Waals surface area contributed by atoms with Crippen molar-refractivity contribution >= 4 is 11.4 Å². The highest BCUT2D eigenvalue weighted by Gasteiger charge is 2.74. The summed E-state index contributed by atoms with van der Waals surface area (Å²) in [6, 6.07) is 7.31. The number of rotatable bonds is 1. The zero-order chi connectivity index (χ0) is 30.0. The van der Waals surface area contributed by atoms with E-state index in [1.807, 2.05) is 12.1 Å². The van der Waals surface area contributed by atoms with Gasteiger partial charge >= 0.3 is 0 Å². The van der Waals surface area contributed by atoms with Crippen molar-refractivity contribution in [3.8, 4) is 23.0 Å². The molecule has 10 heteroatoms. The van der Waals surface area contributed by atoms with Crippen LogP contribution in [-0.4, -0.2) is 104 Å². The van der Waals surface area contributed by atoms with Gasteiger partial charge in [0.25, 0.3) is 0 Å². The maximum Gasteiger partial charge on any atom is 0.166 e. The summed E-state index contributed by atoms with van der Waals surface area (Å²) in [4.78, 5) is 4.55. The van der Waals surface area contributed by atoms with Crippen molar-refractivity contribution in [3.63, 3.8) is 0 Å². The van der Waals surface area contributed by atoms with Crippen LogP contribution < -0.4 is 9.47 Å². The van der Waals surface area contributed by atoms with Gasteiger partial charge in [0.1, 0.15) is 0 Å². The molecule has 10 nitrogen and oxygen atoms in total. The summed E-state index contributed by atoms with van der Waals surface area (Å²) in [5.74, 6) is 1.17.